The van der Waals surface area contributed by atoms with Crippen molar-refractivity contribution >= 4 is 14.3 Å². The van der Waals surface area contributed by atoms with Crippen LogP contribution in [-0.2, 0) is 4.79 Å². The summed E-state index contributed by atoms with van der Waals surface area (Å²) in [6, 6.07) is 0. The van der Waals surface area contributed by atoms with Crippen LogP contribution in [0.25, 0.3) is 0 Å². The third-order valence-corrected chi connectivity index (χ3v) is 0.302. The molecule has 0 rings (SSSR count). The summed E-state index contributed by atoms with van der Waals surface area (Å²) in [5.41, 5.74) is 0. The number of carboxylic acid groups (broad SMARTS) is 1. The number of carboxylic acids is 1. The van der Waals surface area contributed by atoms with Crippen molar-refractivity contribution in [2.24, 2.45) is 0 Å². The van der Waals surface area contributed by atoms with Crippen LogP contribution in [0, 0.1) is 0 Å². The summed E-state index contributed by atoms with van der Waals surface area (Å²) in [6.07, 6.45) is 0.222. The van der Waals surface area contributed by atoms with E-state index in [1.54, 1.807) is 6.92 Å². The molecule has 5 heteroatoms. The Morgan fingerprint density at radius 1 is 1.56 bits per heavy atom. The van der Waals surface area contributed by atoms with Crippen LogP contribution in [-0.4, -0.2) is 27.5 Å². The zero-order chi connectivity index (χ0) is 7.86. The highest BCUT2D eigenvalue weighted by Gasteiger charge is 1.80. The van der Waals surface area contributed by atoms with Gasteiger partial charge in [-0.1, -0.05) is 6.92 Å². The summed E-state index contributed by atoms with van der Waals surface area (Å²) in [4.78, 5) is 24.7. The molecule has 0 heterocycles. The SMILES string of the molecule is CCC(=O)O.CP(O)O. The van der Waals surface area contributed by atoms with Gasteiger partial charge in [-0.15, -0.1) is 0 Å². The van der Waals surface area contributed by atoms with Crippen molar-refractivity contribution in [1.82, 2.24) is 0 Å². The second kappa shape index (κ2) is 7.82. The highest BCUT2D eigenvalue weighted by molar-refractivity contribution is 7.44. The van der Waals surface area contributed by atoms with Crippen molar-refractivity contribution in [3.63, 3.8) is 0 Å². The van der Waals surface area contributed by atoms with E-state index in [9.17, 15) is 4.79 Å². The first-order valence-electron chi connectivity index (χ1n) is 2.34. The molecule has 9 heavy (non-hydrogen) atoms. The Hall–Kier alpha value is -0.180. The Bertz CT molecular complexity index is 70.2. The molecule has 0 aliphatic rings. The summed E-state index contributed by atoms with van der Waals surface area (Å²) in [7, 11) is -1.62. The summed E-state index contributed by atoms with van der Waals surface area (Å²) >= 11 is 0. The van der Waals surface area contributed by atoms with Crippen LogP contribution in [0.5, 0.6) is 0 Å². The molecule has 0 aliphatic heterocycles. The van der Waals surface area contributed by atoms with Gasteiger partial charge >= 0.3 is 5.97 Å². The van der Waals surface area contributed by atoms with E-state index in [2.05, 4.69) is 0 Å². The molecule has 0 spiro atoms. The molecule has 0 saturated carbocycles. The molecule has 0 bridgehead atoms. The van der Waals surface area contributed by atoms with Gasteiger partial charge < -0.3 is 14.9 Å². The minimum atomic E-state index is -1.62. The van der Waals surface area contributed by atoms with E-state index in [4.69, 9.17) is 14.9 Å². The lowest BCUT2D eigenvalue weighted by Gasteiger charge is -1.79. The van der Waals surface area contributed by atoms with Gasteiger partial charge in [0.1, 0.15) is 0 Å². The van der Waals surface area contributed by atoms with E-state index >= 15 is 0 Å². The minimum Gasteiger partial charge on any atom is -0.481 e. The van der Waals surface area contributed by atoms with E-state index in [1.807, 2.05) is 0 Å². The van der Waals surface area contributed by atoms with Crippen LogP contribution in [0.4, 0.5) is 0 Å². The van der Waals surface area contributed by atoms with Crippen LogP contribution in [0.15, 0.2) is 0 Å². The van der Waals surface area contributed by atoms with Crippen molar-refractivity contribution in [2.75, 3.05) is 6.66 Å². The number of hydrogen-bond donors (Lipinski definition) is 3. The largest absolute Gasteiger partial charge is 0.481 e. The van der Waals surface area contributed by atoms with Crippen molar-refractivity contribution in [2.45, 2.75) is 13.3 Å². The molecule has 0 saturated heterocycles. The number of hydrogen-bond acceptors (Lipinski definition) is 3. The van der Waals surface area contributed by atoms with Gasteiger partial charge in [0.15, 0.2) is 8.38 Å². The Morgan fingerprint density at radius 2 is 1.67 bits per heavy atom. The molecule has 0 unspecified atom stereocenters. The molecule has 0 fully saturated rings. The minimum absolute atomic E-state index is 0.222. The molecule has 0 amide bonds. The standard InChI is InChI=1S/C3H6O2.CH5O2P/c1-2-3(4)5;1-4(2)3/h2H2,1H3,(H,4,5);2-3H,1H3. The van der Waals surface area contributed by atoms with Crippen molar-refractivity contribution in [1.29, 1.82) is 0 Å². The molecular formula is C4H11O4P. The summed E-state index contributed by atoms with van der Waals surface area (Å²) < 4.78 is 0. The molecule has 0 radical (unpaired) electrons. The van der Waals surface area contributed by atoms with Gasteiger partial charge in [0, 0.05) is 13.1 Å². The Balaban J connectivity index is 0. The van der Waals surface area contributed by atoms with Crippen molar-refractivity contribution < 1.29 is 19.7 Å². The predicted octanol–water partition coefficient (Wildman–Crippen LogP) is 0.394. The first-order chi connectivity index (χ1) is 4.00. The third kappa shape index (κ3) is 80.0. The van der Waals surface area contributed by atoms with Gasteiger partial charge in [0.05, 0.1) is 0 Å². The van der Waals surface area contributed by atoms with Gasteiger partial charge in [-0.2, -0.15) is 0 Å². The lowest BCUT2D eigenvalue weighted by Crippen LogP contribution is -1.86. The van der Waals surface area contributed by atoms with Crippen LogP contribution < -0.4 is 0 Å². The molecule has 0 aromatic rings. The molecule has 4 nitrogen and oxygen atoms in total. The molecule has 3 N–H and O–H groups in total. The van der Waals surface area contributed by atoms with Gasteiger partial charge in [-0.05, 0) is 0 Å². The lowest BCUT2D eigenvalue weighted by atomic mass is 10.5. The van der Waals surface area contributed by atoms with Crippen LogP contribution in [0.3, 0.4) is 0 Å². The van der Waals surface area contributed by atoms with Gasteiger partial charge in [-0.25, -0.2) is 0 Å². The first kappa shape index (κ1) is 11.6. The number of aliphatic carboxylic acids is 1. The Labute approximate surface area is 55.1 Å². The summed E-state index contributed by atoms with van der Waals surface area (Å²) in [6.45, 7) is 2.94. The first-order valence-corrected chi connectivity index (χ1v) is 4.03. The Morgan fingerprint density at radius 3 is 1.67 bits per heavy atom. The van der Waals surface area contributed by atoms with Crippen LogP contribution in [0.1, 0.15) is 13.3 Å². The second-order valence-electron chi connectivity index (χ2n) is 1.24. The summed E-state index contributed by atoms with van der Waals surface area (Å²) in [5, 5.41) is 7.72. The topological polar surface area (TPSA) is 77.8 Å². The molecular weight excluding hydrogens is 143 g/mol. The normalized spacial score (nSPS) is 8.11. The maximum atomic E-state index is 9.37. The lowest BCUT2D eigenvalue weighted by molar-refractivity contribution is -0.136. The fraction of sp³-hybridized carbons (Fsp3) is 0.750. The molecule has 0 aromatic carbocycles. The Kier molecular flexibility index (Phi) is 10.1. The van der Waals surface area contributed by atoms with E-state index in [0.717, 1.165) is 0 Å². The van der Waals surface area contributed by atoms with E-state index in [-0.39, 0.29) is 6.42 Å². The second-order valence-corrected chi connectivity index (χ2v) is 2.22. The fourth-order valence-electron chi connectivity index (χ4n) is 0. The van der Waals surface area contributed by atoms with E-state index in [0.29, 0.717) is 0 Å². The van der Waals surface area contributed by atoms with Crippen LogP contribution >= 0.6 is 8.38 Å². The quantitative estimate of drug-likeness (QED) is 0.477. The van der Waals surface area contributed by atoms with Gasteiger partial charge in [0.25, 0.3) is 0 Å². The smallest absolute Gasteiger partial charge is 0.303 e. The number of carbonyl (C=O) groups is 1. The maximum Gasteiger partial charge on any atom is 0.303 e. The molecule has 0 aromatic heterocycles. The van der Waals surface area contributed by atoms with Crippen molar-refractivity contribution in [3.8, 4) is 0 Å². The average Bonchev–Trinajstić information content (AvgIpc) is 1.65. The van der Waals surface area contributed by atoms with Gasteiger partial charge in [-0.3, -0.25) is 4.79 Å². The predicted molar refractivity (Wildman–Crippen MR) is 35.2 cm³/mol. The van der Waals surface area contributed by atoms with Crippen molar-refractivity contribution in [3.05, 3.63) is 0 Å². The highest BCUT2D eigenvalue weighted by atomic mass is 31.2. The molecule has 0 aliphatic carbocycles. The highest BCUT2D eigenvalue weighted by Crippen LogP contribution is 2.12. The summed E-state index contributed by atoms with van der Waals surface area (Å²) in [5.74, 6) is -0.745. The third-order valence-electron chi connectivity index (χ3n) is 0.302. The fourth-order valence-corrected chi connectivity index (χ4v) is 0. The number of rotatable bonds is 1. The molecule has 0 atom stereocenters. The average molecular weight is 154 g/mol. The van der Waals surface area contributed by atoms with Gasteiger partial charge in [0.2, 0.25) is 0 Å². The van der Waals surface area contributed by atoms with E-state index in [1.165, 1.54) is 6.66 Å². The maximum absolute atomic E-state index is 9.37. The monoisotopic (exact) mass is 154 g/mol. The molecule has 56 valence electrons. The van der Waals surface area contributed by atoms with E-state index < -0.39 is 14.3 Å². The zero-order valence-electron chi connectivity index (χ0n) is 5.40. The van der Waals surface area contributed by atoms with Crippen LogP contribution in [0.2, 0.25) is 0 Å². The zero-order valence-corrected chi connectivity index (χ0v) is 6.30.